The second-order valence-corrected chi connectivity index (χ2v) is 7.89. The van der Waals surface area contributed by atoms with Crippen LogP contribution < -0.4 is 10.0 Å². The predicted octanol–water partition coefficient (Wildman–Crippen LogP) is 4.07. The van der Waals surface area contributed by atoms with Crippen LogP contribution in [0.4, 0.5) is 10.1 Å². The molecule has 4 rings (SSSR count). The Hall–Kier alpha value is -2.46. The molecule has 1 aromatic heterocycles. The zero-order chi connectivity index (χ0) is 20.4. The molecule has 1 amide bonds. The number of hydrogen-bond donors (Lipinski definition) is 2. The average Bonchev–Trinajstić information content (AvgIpc) is 3.22. The summed E-state index contributed by atoms with van der Waals surface area (Å²) >= 11 is 7.08. The second-order valence-electron chi connectivity index (χ2n) is 6.49. The molecule has 0 aliphatic carbocycles. The van der Waals surface area contributed by atoms with Crippen LogP contribution in [0.25, 0.3) is 11.5 Å². The minimum Gasteiger partial charge on any atom is -0.419 e. The number of likely N-dealkylation sites (N-methyl/N-ethyl adjacent to an activating group) is 1. The zero-order valence-corrected chi connectivity index (χ0v) is 16.9. The Bertz CT molecular complexity index is 1020. The van der Waals surface area contributed by atoms with Crippen LogP contribution in [-0.4, -0.2) is 33.5 Å². The standard InChI is InChI=1S/C19H17ClFN5O2S/c1-26-16(17(27)22-12-7-8-14(21)13(20)9-12)10-15(25-29-26)19-24-23-18(28-19)11-5-3-2-4-6-11/h2-9,15-16,25H,10H2,1H3,(H,22,27). The van der Waals surface area contributed by atoms with Crippen LogP contribution in [-0.2, 0) is 4.79 Å². The van der Waals surface area contributed by atoms with Gasteiger partial charge in [0.1, 0.15) is 11.9 Å². The number of benzene rings is 2. The van der Waals surface area contributed by atoms with Gasteiger partial charge in [0.15, 0.2) is 0 Å². The lowest BCUT2D eigenvalue weighted by molar-refractivity contribution is -0.119. The lowest BCUT2D eigenvalue weighted by Crippen LogP contribution is -2.46. The fraction of sp³-hybridized carbons (Fsp3) is 0.211. The van der Waals surface area contributed by atoms with Crippen LogP contribution in [0.5, 0.6) is 0 Å². The smallest absolute Gasteiger partial charge is 0.247 e. The number of anilines is 1. The van der Waals surface area contributed by atoms with E-state index in [-0.39, 0.29) is 17.0 Å². The van der Waals surface area contributed by atoms with Gasteiger partial charge in [0.2, 0.25) is 17.7 Å². The maximum Gasteiger partial charge on any atom is 0.247 e. The lowest BCUT2D eigenvalue weighted by Gasteiger charge is -2.34. The Morgan fingerprint density at radius 2 is 2.10 bits per heavy atom. The van der Waals surface area contributed by atoms with Gasteiger partial charge in [-0.05, 0) is 43.8 Å². The first-order valence-electron chi connectivity index (χ1n) is 8.81. The molecular formula is C19H17ClFN5O2S. The van der Waals surface area contributed by atoms with E-state index in [1.165, 1.54) is 30.3 Å². The molecule has 2 atom stereocenters. The molecule has 1 aliphatic rings. The van der Waals surface area contributed by atoms with Crippen molar-refractivity contribution in [2.45, 2.75) is 18.5 Å². The van der Waals surface area contributed by atoms with Gasteiger partial charge in [0.05, 0.1) is 11.1 Å². The number of rotatable bonds is 4. The van der Waals surface area contributed by atoms with Crippen molar-refractivity contribution in [3.05, 3.63) is 65.3 Å². The van der Waals surface area contributed by atoms with Gasteiger partial charge in [-0.25, -0.2) is 13.4 Å². The Morgan fingerprint density at radius 1 is 1.31 bits per heavy atom. The molecule has 29 heavy (non-hydrogen) atoms. The van der Waals surface area contributed by atoms with Crippen molar-refractivity contribution in [3.63, 3.8) is 0 Å². The summed E-state index contributed by atoms with van der Waals surface area (Å²) in [5.74, 6) is 0.0576. The largest absolute Gasteiger partial charge is 0.419 e. The SMILES string of the molecule is CN1SNC(c2nnc(-c3ccccc3)o2)CC1C(=O)Nc1ccc(F)c(Cl)c1. The summed E-state index contributed by atoms with van der Waals surface area (Å²) in [5, 5.41) is 11.0. The number of amides is 1. The van der Waals surface area contributed by atoms with Crippen LogP contribution in [0.2, 0.25) is 5.02 Å². The minimum absolute atomic E-state index is 0.0481. The monoisotopic (exact) mass is 433 g/mol. The highest BCUT2D eigenvalue weighted by Crippen LogP contribution is 2.32. The van der Waals surface area contributed by atoms with Gasteiger partial charge in [-0.3, -0.25) is 4.79 Å². The number of nitrogens with one attached hydrogen (secondary N) is 2. The fourth-order valence-electron chi connectivity index (χ4n) is 2.93. The number of carbonyl (C=O) groups excluding carboxylic acids is 1. The predicted molar refractivity (Wildman–Crippen MR) is 109 cm³/mol. The van der Waals surface area contributed by atoms with E-state index in [0.717, 1.165) is 5.56 Å². The Labute approximate surface area is 175 Å². The molecule has 7 nitrogen and oxygen atoms in total. The third kappa shape index (κ3) is 4.43. The Morgan fingerprint density at radius 3 is 2.86 bits per heavy atom. The van der Waals surface area contributed by atoms with Gasteiger partial charge in [0, 0.05) is 23.4 Å². The molecule has 1 aliphatic heterocycles. The average molecular weight is 434 g/mol. The van der Waals surface area contributed by atoms with Gasteiger partial charge >= 0.3 is 0 Å². The molecule has 2 N–H and O–H groups in total. The third-order valence-electron chi connectivity index (χ3n) is 4.49. The second kappa shape index (κ2) is 8.50. The van der Waals surface area contributed by atoms with Crippen molar-refractivity contribution < 1.29 is 13.6 Å². The molecule has 1 saturated heterocycles. The van der Waals surface area contributed by atoms with Crippen LogP contribution in [0.3, 0.4) is 0 Å². The Kier molecular flexibility index (Phi) is 5.81. The highest BCUT2D eigenvalue weighted by Gasteiger charge is 2.35. The van der Waals surface area contributed by atoms with Crippen molar-refractivity contribution in [3.8, 4) is 11.5 Å². The van der Waals surface area contributed by atoms with Gasteiger partial charge in [-0.2, -0.15) is 0 Å². The quantitative estimate of drug-likeness (QED) is 0.600. The summed E-state index contributed by atoms with van der Waals surface area (Å²) in [6.07, 6.45) is 0.417. The van der Waals surface area contributed by atoms with Gasteiger partial charge in [-0.1, -0.05) is 29.8 Å². The molecule has 150 valence electrons. The number of aromatic nitrogens is 2. The molecule has 2 heterocycles. The van der Waals surface area contributed by atoms with E-state index in [4.69, 9.17) is 16.0 Å². The van der Waals surface area contributed by atoms with Gasteiger partial charge in [0.25, 0.3) is 0 Å². The summed E-state index contributed by atoms with van der Waals surface area (Å²) in [6.45, 7) is 0. The third-order valence-corrected chi connectivity index (χ3v) is 5.71. The van der Waals surface area contributed by atoms with Crippen molar-refractivity contribution in [2.24, 2.45) is 0 Å². The van der Waals surface area contributed by atoms with Gasteiger partial charge in [-0.15, -0.1) is 10.2 Å². The molecule has 2 unspecified atom stereocenters. The number of halogens is 2. The van der Waals surface area contributed by atoms with Crippen molar-refractivity contribution in [1.82, 2.24) is 19.2 Å². The first-order chi connectivity index (χ1) is 14.0. The minimum atomic E-state index is -0.537. The fourth-order valence-corrected chi connectivity index (χ4v) is 3.91. The number of carbonyl (C=O) groups is 1. The molecule has 0 bridgehead atoms. The van der Waals surface area contributed by atoms with Crippen LogP contribution in [0.15, 0.2) is 52.9 Å². The maximum atomic E-state index is 13.3. The molecule has 0 saturated carbocycles. The van der Waals surface area contributed by atoms with E-state index in [1.54, 1.807) is 11.4 Å². The summed E-state index contributed by atoms with van der Waals surface area (Å²) in [4.78, 5) is 12.8. The first-order valence-corrected chi connectivity index (χ1v) is 9.96. The van der Waals surface area contributed by atoms with Crippen LogP contribution >= 0.6 is 23.7 Å². The van der Waals surface area contributed by atoms with E-state index in [1.807, 2.05) is 30.3 Å². The molecule has 0 spiro atoms. The molecule has 0 radical (unpaired) electrons. The molecule has 3 aromatic rings. The molecular weight excluding hydrogens is 417 g/mol. The van der Waals surface area contributed by atoms with E-state index in [2.05, 4.69) is 20.2 Å². The van der Waals surface area contributed by atoms with Crippen molar-refractivity contribution in [1.29, 1.82) is 0 Å². The van der Waals surface area contributed by atoms with Gasteiger partial charge < -0.3 is 9.73 Å². The zero-order valence-electron chi connectivity index (χ0n) is 15.3. The molecule has 10 heteroatoms. The highest BCUT2D eigenvalue weighted by atomic mass is 35.5. The van der Waals surface area contributed by atoms with E-state index >= 15 is 0 Å². The summed E-state index contributed by atoms with van der Waals surface area (Å²) in [6, 6.07) is 12.8. The molecule has 1 fully saturated rings. The van der Waals surface area contributed by atoms with Crippen molar-refractivity contribution in [2.75, 3.05) is 12.4 Å². The van der Waals surface area contributed by atoms with Crippen LogP contribution in [0.1, 0.15) is 18.4 Å². The summed E-state index contributed by atoms with van der Waals surface area (Å²) < 4.78 is 24.1. The van der Waals surface area contributed by atoms with E-state index in [0.29, 0.717) is 23.9 Å². The number of hydrogen-bond acceptors (Lipinski definition) is 7. The topological polar surface area (TPSA) is 83.3 Å². The summed E-state index contributed by atoms with van der Waals surface area (Å²) in [5.41, 5.74) is 1.26. The summed E-state index contributed by atoms with van der Waals surface area (Å²) in [7, 11) is 1.80. The lowest BCUT2D eigenvalue weighted by atomic mass is 10.1. The van der Waals surface area contributed by atoms with E-state index in [9.17, 15) is 9.18 Å². The van der Waals surface area contributed by atoms with Crippen LogP contribution in [0, 0.1) is 5.82 Å². The van der Waals surface area contributed by atoms with Crippen molar-refractivity contribution >= 4 is 35.3 Å². The van der Waals surface area contributed by atoms with E-state index < -0.39 is 11.9 Å². The number of nitrogens with zero attached hydrogens (tertiary/aromatic N) is 3. The Balaban J connectivity index is 1.47. The maximum absolute atomic E-state index is 13.3. The first kappa shape index (κ1) is 19.8. The normalized spacial score (nSPS) is 19.8. The molecule has 2 aromatic carbocycles. The highest BCUT2D eigenvalue weighted by molar-refractivity contribution is 7.95.